The average molecular weight is 377 g/mol. The van der Waals surface area contributed by atoms with Gasteiger partial charge in [0.1, 0.15) is 0 Å². The Kier molecular flexibility index (Phi) is 4.63. The second-order valence-corrected chi connectivity index (χ2v) is 6.71. The molecule has 0 saturated heterocycles. The number of carbonyl (C=O) groups excluding carboxylic acids is 2. The molecular formula is C19H15N5O2S. The molecule has 0 aliphatic heterocycles. The lowest BCUT2D eigenvalue weighted by Gasteiger charge is -2.06. The highest BCUT2D eigenvalue weighted by molar-refractivity contribution is 7.12. The minimum atomic E-state index is -0.276. The van der Waals surface area contributed by atoms with Gasteiger partial charge in [-0.05, 0) is 41.3 Å². The molecular weight excluding hydrogens is 362 g/mol. The van der Waals surface area contributed by atoms with Crippen molar-refractivity contribution in [2.75, 3.05) is 5.32 Å². The van der Waals surface area contributed by atoms with Crippen LogP contribution in [-0.4, -0.2) is 26.4 Å². The van der Waals surface area contributed by atoms with Gasteiger partial charge in [-0.1, -0.05) is 24.3 Å². The predicted molar refractivity (Wildman–Crippen MR) is 103 cm³/mol. The van der Waals surface area contributed by atoms with E-state index in [-0.39, 0.29) is 11.8 Å². The van der Waals surface area contributed by atoms with Gasteiger partial charge >= 0.3 is 0 Å². The van der Waals surface area contributed by atoms with E-state index in [9.17, 15) is 9.59 Å². The number of nitrogens with one attached hydrogen (secondary N) is 2. The van der Waals surface area contributed by atoms with E-state index in [4.69, 9.17) is 0 Å². The fourth-order valence-electron chi connectivity index (χ4n) is 2.55. The number of rotatable bonds is 5. The molecule has 4 aromatic rings. The van der Waals surface area contributed by atoms with Gasteiger partial charge in [0.25, 0.3) is 11.8 Å². The molecule has 2 N–H and O–H groups in total. The van der Waals surface area contributed by atoms with Crippen molar-refractivity contribution >= 4 is 34.7 Å². The Labute approximate surface area is 158 Å². The number of fused-ring (bicyclic) bond motifs is 1. The summed E-state index contributed by atoms with van der Waals surface area (Å²) >= 11 is 1.40. The van der Waals surface area contributed by atoms with Gasteiger partial charge in [0.15, 0.2) is 5.65 Å². The van der Waals surface area contributed by atoms with Crippen LogP contribution in [0.15, 0.2) is 66.2 Å². The van der Waals surface area contributed by atoms with Crippen LogP contribution in [0, 0.1) is 0 Å². The van der Waals surface area contributed by atoms with E-state index in [2.05, 4.69) is 20.8 Å². The van der Waals surface area contributed by atoms with Gasteiger partial charge in [-0.2, -0.15) is 0 Å². The maximum absolute atomic E-state index is 12.4. The molecule has 0 aliphatic rings. The molecule has 0 bridgehead atoms. The number of anilines is 1. The quantitative estimate of drug-likeness (QED) is 0.560. The summed E-state index contributed by atoms with van der Waals surface area (Å²) in [5.74, 6) is -0.0179. The summed E-state index contributed by atoms with van der Waals surface area (Å²) in [7, 11) is 0. The molecule has 0 saturated carbocycles. The highest BCUT2D eigenvalue weighted by atomic mass is 32.1. The van der Waals surface area contributed by atoms with Gasteiger partial charge in [-0.3, -0.25) is 19.3 Å². The van der Waals surface area contributed by atoms with Gasteiger partial charge < -0.3 is 5.32 Å². The third kappa shape index (κ3) is 3.70. The Balaban J connectivity index is 1.39. The van der Waals surface area contributed by atoms with Gasteiger partial charge in [-0.25, -0.2) is 0 Å². The summed E-state index contributed by atoms with van der Waals surface area (Å²) in [5.41, 5.74) is 2.06. The summed E-state index contributed by atoms with van der Waals surface area (Å²) in [5, 5.41) is 15.5. The number of thiophene rings is 1. The van der Waals surface area contributed by atoms with Crippen LogP contribution < -0.4 is 10.6 Å². The minimum absolute atomic E-state index is 0.106. The van der Waals surface area contributed by atoms with Crippen molar-refractivity contribution in [3.8, 4) is 0 Å². The van der Waals surface area contributed by atoms with Gasteiger partial charge in [0.2, 0.25) is 5.95 Å². The van der Waals surface area contributed by atoms with E-state index in [1.54, 1.807) is 28.8 Å². The van der Waals surface area contributed by atoms with Crippen molar-refractivity contribution in [2.24, 2.45) is 0 Å². The molecule has 1 aromatic carbocycles. The number of hydrogen-bond donors (Lipinski definition) is 2. The minimum Gasteiger partial charge on any atom is -0.347 e. The number of aromatic nitrogens is 3. The van der Waals surface area contributed by atoms with Crippen LogP contribution in [0.1, 0.15) is 25.6 Å². The standard InChI is InChI=1S/C19H15N5O2S/c25-17(21-19-23-22-16-5-1-2-10-24(16)19)14-8-6-13(7-9-14)12-20-18(26)15-4-3-11-27-15/h1-11H,12H2,(H,20,26)(H,21,23,25). The monoisotopic (exact) mass is 377 g/mol. The zero-order valence-electron chi connectivity index (χ0n) is 14.1. The Bertz CT molecular complexity index is 1090. The van der Waals surface area contributed by atoms with Crippen LogP contribution >= 0.6 is 11.3 Å². The normalized spacial score (nSPS) is 10.7. The van der Waals surface area contributed by atoms with E-state index in [1.165, 1.54) is 11.3 Å². The van der Waals surface area contributed by atoms with Crippen molar-refractivity contribution in [2.45, 2.75) is 6.54 Å². The molecule has 0 fully saturated rings. The predicted octanol–water partition coefficient (Wildman–Crippen LogP) is 2.97. The number of nitrogens with zero attached hydrogens (tertiary/aromatic N) is 3. The highest BCUT2D eigenvalue weighted by Crippen LogP contribution is 2.12. The van der Waals surface area contributed by atoms with Crippen molar-refractivity contribution in [3.05, 3.63) is 82.2 Å². The van der Waals surface area contributed by atoms with Crippen LogP contribution in [0.4, 0.5) is 5.95 Å². The van der Waals surface area contributed by atoms with E-state index in [1.807, 2.05) is 41.8 Å². The summed E-state index contributed by atoms with van der Waals surface area (Å²) in [6.07, 6.45) is 1.78. The first-order chi connectivity index (χ1) is 13.2. The molecule has 0 radical (unpaired) electrons. The second-order valence-electron chi connectivity index (χ2n) is 5.76. The molecule has 3 heterocycles. The largest absolute Gasteiger partial charge is 0.347 e. The molecule has 27 heavy (non-hydrogen) atoms. The second kappa shape index (κ2) is 7.38. The summed E-state index contributed by atoms with van der Waals surface area (Å²) in [6.45, 7) is 0.396. The van der Waals surface area contributed by atoms with Gasteiger partial charge in [0.05, 0.1) is 4.88 Å². The van der Waals surface area contributed by atoms with Crippen molar-refractivity contribution < 1.29 is 9.59 Å². The average Bonchev–Trinajstić information content (AvgIpc) is 3.37. The van der Waals surface area contributed by atoms with Crippen LogP contribution in [0.5, 0.6) is 0 Å². The molecule has 0 aliphatic carbocycles. The molecule has 4 rings (SSSR count). The lowest BCUT2D eigenvalue weighted by atomic mass is 10.1. The number of benzene rings is 1. The van der Waals surface area contributed by atoms with Gasteiger partial charge in [0, 0.05) is 18.3 Å². The molecule has 134 valence electrons. The molecule has 0 atom stereocenters. The van der Waals surface area contributed by atoms with Crippen molar-refractivity contribution in [1.82, 2.24) is 19.9 Å². The highest BCUT2D eigenvalue weighted by Gasteiger charge is 2.11. The fourth-order valence-corrected chi connectivity index (χ4v) is 3.19. The summed E-state index contributed by atoms with van der Waals surface area (Å²) in [4.78, 5) is 25.1. The van der Waals surface area contributed by atoms with Crippen LogP contribution in [-0.2, 0) is 6.54 Å². The first-order valence-electron chi connectivity index (χ1n) is 8.22. The van der Waals surface area contributed by atoms with Crippen LogP contribution in [0.2, 0.25) is 0 Å². The molecule has 0 unspecified atom stereocenters. The zero-order chi connectivity index (χ0) is 18.6. The zero-order valence-corrected chi connectivity index (χ0v) is 14.9. The molecule has 3 aromatic heterocycles. The third-order valence-electron chi connectivity index (χ3n) is 3.95. The Morgan fingerprint density at radius 1 is 0.963 bits per heavy atom. The Morgan fingerprint density at radius 2 is 1.81 bits per heavy atom. The summed E-state index contributed by atoms with van der Waals surface area (Å²) in [6, 6.07) is 16.2. The number of pyridine rings is 1. The Hall–Kier alpha value is -3.52. The maximum atomic E-state index is 12.4. The number of hydrogen-bond acceptors (Lipinski definition) is 5. The smallest absolute Gasteiger partial charge is 0.261 e. The van der Waals surface area contributed by atoms with Crippen molar-refractivity contribution in [1.29, 1.82) is 0 Å². The number of carbonyl (C=O) groups is 2. The lowest BCUT2D eigenvalue weighted by Crippen LogP contribution is -2.21. The van der Waals surface area contributed by atoms with E-state index >= 15 is 0 Å². The molecule has 8 heteroatoms. The van der Waals surface area contributed by atoms with E-state index in [0.29, 0.717) is 28.6 Å². The molecule has 0 spiro atoms. The number of amides is 2. The lowest BCUT2D eigenvalue weighted by molar-refractivity contribution is 0.0953. The molecule has 2 amide bonds. The van der Waals surface area contributed by atoms with Crippen LogP contribution in [0.25, 0.3) is 5.65 Å². The third-order valence-corrected chi connectivity index (χ3v) is 4.82. The first-order valence-corrected chi connectivity index (χ1v) is 9.10. The SMILES string of the molecule is O=C(Nc1nnc2ccccn12)c1ccc(CNC(=O)c2cccs2)cc1. The maximum Gasteiger partial charge on any atom is 0.261 e. The van der Waals surface area contributed by atoms with Crippen LogP contribution in [0.3, 0.4) is 0 Å². The van der Waals surface area contributed by atoms with E-state index < -0.39 is 0 Å². The fraction of sp³-hybridized carbons (Fsp3) is 0.0526. The van der Waals surface area contributed by atoms with E-state index in [0.717, 1.165) is 5.56 Å². The van der Waals surface area contributed by atoms with Gasteiger partial charge in [-0.15, -0.1) is 21.5 Å². The Morgan fingerprint density at radius 3 is 2.59 bits per heavy atom. The topological polar surface area (TPSA) is 88.4 Å². The first kappa shape index (κ1) is 16.9. The summed E-state index contributed by atoms with van der Waals surface area (Å²) < 4.78 is 1.70. The van der Waals surface area contributed by atoms with Crippen molar-refractivity contribution in [3.63, 3.8) is 0 Å². The molecule has 7 nitrogen and oxygen atoms in total.